The minimum Gasteiger partial charge on any atom is -0.338 e. The molecule has 0 fully saturated rings. The van der Waals surface area contributed by atoms with Crippen molar-refractivity contribution in [3.8, 4) is 6.07 Å². The molecule has 1 aromatic rings. The van der Waals surface area contributed by atoms with Gasteiger partial charge < -0.3 is 10.6 Å². The standard InChI is InChI=1S/C11H12FN3O/c12-10-3-1-9(2-4-10)5-7-14-11(16)15-8-6-13/h1-4H,5,7-8H2,(H2,14,15,16). The molecule has 2 amide bonds. The molecule has 0 unspecified atom stereocenters. The largest absolute Gasteiger partial charge is 0.338 e. The monoisotopic (exact) mass is 221 g/mol. The summed E-state index contributed by atoms with van der Waals surface area (Å²) in [5, 5.41) is 13.2. The van der Waals surface area contributed by atoms with Gasteiger partial charge in [-0.25, -0.2) is 9.18 Å². The second kappa shape index (κ2) is 6.40. The normalized spacial score (nSPS) is 9.25. The lowest BCUT2D eigenvalue weighted by atomic mass is 10.1. The summed E-state index contributed by atoms with van der Waals surface area (Å²) in [4.78, 5) is 11.0. The van der Waals surface area contributed by atoms with Crippen LogP contribution >= 0.6 is 0 Å². The maximum atomic E-state index is 12.6. The molecule has 5 heteroatoms. The number of nitrogens with one attached hydrogen (secondary N) is 2. The topological polar surface area (TPSA) is 64.9 Å². The average molecular weight is 221 g/mol. The van der Waals surface area contributed by atoms with Gasteiger partial charge in [0, 0.05) is 6.54 Å². The summed E-state index contributed by atoms with van der Waals surface area (Å²) in [6.45, 7) is 0.436. The van der Waals surface area contributed by atoms with E-state index >= 15 is 0 Å². The second-order valence-corrected chi connectivity index (χ2v) is 3.14. The Kier molecular flexibility index (Phi) is 4.80. The number of benzene rings is 1. The zero-order valence-corrected chi connectivity index (χ0v) is 8.66. The van der Waals surface area contributed by atoms with Crippen molar-refractivity contribution in [2.24, 2.45) is 0 Å². The Bertz CT molecular complexity index is 383. The minimum atomic E-state index is -0.372. The predicted octanol–water partition coefficient (Wildman–Crippen LogP) is 1.19. The van der Waals surface area contributed by atoms with E-state index in [1.54, 1.807) is 18.2 Å². The van der Waals surface area contributed by atoms with Gasteiger partial charge in [-0.1, -0.05) is 12.1 Å². The molecular formula is C11H12FN3O. The summed E-state index contributed by atoms with van der Waals surface area (Å²) in [5.74, 6) is -0.275. The number of urea groups is 1. The first-order valence-electron chi connectivity index (χ1n) is 4.85. The number of rotatable bonds is 4. The molecule has 0 saturated carbocycles. The van der Waals surface area contributed by atoms with Crippen LogP contribution in [0.3, 0.4) is 0 Å². The molecule has 84 valence electrons. The van der Waals surface area contributed by atoms with Crippen molar-refractivity contribution in [1.29, 1.82) is 5.26 Å². The second-order valence-electron chi connectivity index (χ2n) is 3.14. The number of carbonyl (C=O) groups excluding carboxylic acids is 1. The quantitative estimate of drug-likeness (QED) is 0.750. The highest BCUT2D eigenvalue weighted by Gasteiger charge is 1.98. The predicted molar refractivity (Wildman–Crippen MR) is 57.1 cm³/mol. The van der Waals surface area contributed by atoms with Crippen molar-refractivity contribution in [3.05, 3.63) is 35.6 Å². The van der Waals surface area contributed by atoms with E-state index in [-0.39, 0.29) is 18.4 Å². The molecule has 0 radical (unpaired) electrons. The average Bonchev–Trinajstić information content (AvgIpc) is 2.29. The van der Waals surface area contributed by atoms with Crippen LogP contribution in [0.5, 0.6) is 0 Å². The van der Waals surface area contributed by atoms with Gasteiger partial charge >= 0.3 is 6.03 Å². The fourth-order valence-corrected chi connectivity index (χ4v) is 1.15. The van der Waals surface area contributed by atoms with Crippen molar-refractivity contribution in [3.63, 3.8) is 0 Å². The Morgan fingerprint density at radius 3 is 2.62 bits per heavy atom. The van der Waals surface area contributed by atoms with Gasteiger partial charge in [0.15, 0.2) is 0 Å². The van der Waals surface area contributed by atoms with E-state index < -0.39 is 0 Å². The van der Waals surface area contributed by atoms with Crippen molar-refractivity contribution >= 4 is 6.03 Å². The van der Waals surface area contributed by atoms with Gasteiger partial charge in [0.1, 0.15) is 12.4 Å². The molecule has 0 atom stereocenters. The molecule has 0 aliphatic heterocycles. The fraction of sp³-hybridized carbons (Fsp3) is 0.273. The minimum absolute atomic E-state index is 0.0115. The Hall–Kier alpha value is -2.09. The van der Waals surface area contributed by atoms with Crippen LogP contribution in [0.25, 0.3) is 0 Å². The third-order valence-electron chi connectivity index (χ3n) is 1.94. The van der Waals surface area contributed by atoms with Crippen LogP contribution in [-0.2, 0) is 6.42 Å². The van der Waals surface area contributed by atoms with Crippen LogP contribution in [-0.4, -0.2) is 19.1 Å². The fourth-order valence-electron chi connectivity index (χ4n) is 1.15. The molecular weight excluding hydrogens is 209 g/mol. The highest BCUT2D eigenvalue weighted by Crippen LogP contribution is 2.02. The van der Waals surface area contributed by atoms with E-state index in [1.165, 1.54) is 12.1 Å². The van der Waals surface area contributed by atoms with Crippen molar-refractivity contribution in [2.75, 3.05) is 13.1 Å². The molecule has 16 heavy (non-hydrogen) atoms. The Balaban J connectivity index is 2.23. The summed E-state index contributed by atoms with van der Waals surface area (Å²) in [5.41, 5.74) is 0.946. The highest BCUT2D eigenvalue weighted by molar-refractivity contribution is 5.73. The summed E-state index contributed by atoms with van der Waals surface area (Å²) >= 11 is 0. The molecule has 0 saturated heterocycles. The first-order chi connectivity index (χ1) is 7.72. The number of hydrogen-bond acceptors (Lipinski definition) is 2. The molecule has 4 nitrogen and oxygen atoms in total. The molecule has 1 rings (SSSR count). The number of nitriles is 1. The van der Waals surface area contributed by atoms with E-state index in [2.05, 4.69) is 10.6 Å². The zero-order valence-electron chi connectivity index (χ0n) is 8.66. The summed E-state index contributed by atoms with van der Waals surface area (Å²) in [6, 6.07) is 7.53. The van der Waals surface area contributed by atoms with Crippen molar-refractivity contribution in [2.45, 2.75) is 6.42 Å². The van der Waals surface area contributed by atoms with Gasteiger partial charge in [0.05, 0.1) is 6.07 Å². The maximum absolute atomic E-state index is 12.6. The van der Waals surface area contributed by atoms with E-state index in [0.29, 0.717) is 13.0 Å². The Morgan fingerprint density at radius 1 is 1.31 bits per heavy atom. The molecule has 1 aromatic carbocycles. The lowest BCUT2D eigenvalue weighted by Crippen LogP contribution is -2.36. The number of nitrogens with zero attached hydrogens (tertiary/aromatic N) is 1. The van der Waals surface area contributed by atoms with Crippen LogP contribution in [0.1, 0.15) is 5.56 Å². The van der Waals surface area contributed by atoms with Gasteiger partial charge in [-0.2, -0.15) is 5.26 Å². The third kappa shape index (κ3) is 4.42. The van der Waals surface area contributed by atoms with Crippen LogP contribution in [0.15, 0.2) is 24.3 Å². The van der Waals surface area contributed by atoms with Gasteiger partial charge in [0.25, 0.3) is 0 Å². The van der Waals surface area contributed by atoms with Gasteiger partial charge in [0.2, 0.25) is 0 Å². The number of hydrogen-bond donors (Lipinski definition) is 2. The van der Waals surface area contributed by atoms with Crippen LogP contribution in [0.2, 0.25) is 0 Å². The summed E-state index contributed by atoms with van der Waals surface area (Å²) in [7, 11) is 0. The van der Waals surface area contributed by atoms with E-state index in [4.69, 9.17) is 5.26 Å². The first kappa shape index (κ1) is 12.0. The molecule has 0 spiro atoms. The van der Waals surface area contributed by atoms with Gasteiger partial charge in [-0.3, -0.25) is 0 Å². The third-order valence-corrected chi connectivity index (χ3v) is 1.94. The van der Waals surface area contributed by atoms with Gasteiger partial charge in [-0.15, -0.1) is 0 Å². The SMILES string of the molecule is N#CCNC(=O)NCCc1ccc(F)cc1. The molecule has 0 aliphatic carbocycles. The number of carbonyl (C=O) groups is 1. The smallest absolute Gasteiger partial charge is 0.315 e. The Labute approximate surface area is 93.1 Å². The summed E-state index contributed by atoms with van der Waals surface area (Å²) < 4.78 is 12.6. The maximum Gasteiger partial charge on any atom is 0.315 e. The zero-order chi connectivity index (χ0) is 11.8. The lowest BCUT2D eigenvalue weighted by Gasteiger charge is -2.04. The molecule has 0 heterocycles. The van der Waals surface area contributed by atoms with Crippen LogP contribution < -0.4 is 10.6 Å². The molecule has 0 bridgehead atoms. The molecule has 2 N–H and O–H groups in total. The lowest BCUT2D eigenvalue weighted by molar-refractivity contribution is 0.242. The van der Waals surface area contributed by atoms with Gasteiger partial charge in [-0.05, 0) is 24.1 Å². The van der Waals surface area contributed by atoms with E-state index in [0.717, 1.165) is 5.56 Å². The Morgan fingerprint density at radius 2 is 2.00 bits per heavy atom. The summed E-state index contributed by atoms with van der Waals surface area (Å²) in [6.07, 6.45) is 0.625. The molecule has 0 aromatic heterocycles. The van der Waals surface area contributed by atoms with Crippen molar-refractivity contribution < 1.29 is 9.18 Å². The first-order valence-corrected chi connectivity index (χ1v) is 4.85. The number of amides is 2. The highest BCUT2D eigenvalue weighted by atomic mass is 19.1. The van der Waals surface area contributed by atoms with Crippen molar-refractivity contribution in [1.82, 2.24) is 10.6 Å². The number of halogens is 1. The van der Waals surface area contributed by atoms with E-state index in [9.17, 15) is 9.18 Å². The van der Waals surface area contributed by atoms with E-state index in [1.807, 2.05) is 0 Å². The molecule has 0 aliphatic rings. The van der Waals surface area contributed by atoms with Crippen LogP contribution in [0.4, 0.5) is 9.18 Å². The van der Waals surface area contributed by atoms with Crippen LogP contribution in [0, 0.1) is 17.1 Å².